The second kappa shape index (κ2) is 13.4. The Hall–Kier alpha value is -5.15. The first-order valence-corrected chi connectivity index (χ1v) is 14.2. The normalized spacial score (nSPS) is 10.5. The van der Waals surface area contributed by atoms with Crippen LogP contribution in [0.25, 0.3) is 66.7 Å². The van der Waals surface area contributed by atoms with Gasteiger partial charge in [0.2, 0.25) is 0 Å². The summed E-state index contributed by atoms with van der Waals surface area (Å²) in [5.74, 6) is 0. The third kappa shape index (κ3) is 6.14. The van der Waals surface area contributed by atoms with E-state index in [0.717, 1.165) is 66.7 Å². The third-order valence-electron chi connectivity index (χ3n) is 7.30. The first-order chi connectivity index (χ1) is 21.3. The fourth-order valence-corrected chi connectivity index (χ4v) is 5.23. The van der Waals surface area contributed by atoms with Crippen LogP contribution in [0.4, 0.5) is 0 Å². The first kappa shape index (κ1) is 28.9. The molecule has 3 aromatic heterocycles. The van der Waals surface area contributed by atoms with Gasteiger partial charge in [0.15, 0.2) is 0 Å². The standard InChI is InChI=1S/C29H18NO.C11H8N.Ir/c1-2-16-28-25(12-1)26-14-7-13-24(29(26)31-28)22-10-5-8-20(18-22)21-9-6-11-23(19-21)27-15-3-4-17-30-27;1-2-6-10(7-3-1)11-8-4-5-9-12-11;/h1-10,12-19H;1-6,8-9H;/q2*-1;. The number of hydrogen-bond donors (Lipinski definition) is 0. The van der Waals surface area contributed by atoms with Crippen LogP contribution in [0.2, 0.25) is 0 Å². The summed E-state index contributed by atoms with van der Waals surface area (Å²) in [7, 11) is 0. The first-order valence-electron chi connectivity index (χ1n) is 14.2. The molecule has 0 aliphatic rings. The maximum Gasteiger partial charge on any atom is 0.143 e. The number of pyridine rings is 2. The molecule has 5 aromatic carbocycles. The summed E-state index contributed by atoms with van der Waals surface area (Å²) in [6, 6.07) is 55.4. The zero-order valence-corrected chi connectivity index (χ0v) is 26.0. The summed E-state index contributed by atoms with van der Waals surface area (Å²) in [6.07, 6.45) is 3.60. The van der Waals surface area contributed by atoms with Gasteiger partial charge in [-0.3, -0.25) is 0 Å². The molecule has 0 atom stereocenters. The number of para-hydroxylation sites is 2. The molecular formula is C40H26IrN2O-2. The van der Waals surface area contributed by atoms with E-state index in [1.807, 2.05) is 85.1 Å². The number of rotatable bonds is 4. The predicted molar refractivity (Wildman–Crippen MR) is 175 cm³/mol. The molecule has 0 aliphatic heterocycles. The van der Waals surface area contributed by atoms with Crippen molar-refractivity contribution in [2.24, 2.45) is 0 Å². The van der Waals surface area contributed by atoms with E-state index in [9.17, 15) is 0 Å². The zero-order chi connectivity index (χ0) is 28.8. The van der Waals surface area contributed by atoms with Crippen LogP contribution in [0.5, 0.6) is 0 Å². The SMILES string of the molecule is [Ir].[c-]1ccc(-c2cccc(-c3cccc4c3oc3ccccc34)c2)cc1-c1ccccn1.[c-]1ccccc1-c1ccccn1. The van der Waals surface area contributed by atoms with E-state index in [4.69, 9.17) is 4.42 Å². The summed E-state index contributed by atoms with van der Waals surface area (Å²) in [6.45, 7) is 0. The Morgan fingerprint density at radius 1 is 0.477 bits per heavy atom. The minimum atomic E-state index is 0. The Morgan fingerprint density at radius 2 is 1.14 bits per heavy atom. The molecule has 0 saturated heterocycles. The molecule has 0 fully saturated rings. The van der Waals surface area contributed by atoms with Gasteiger partial charge < -0.3 is 14.4 Å². The minimum absolute atomic E-state index is 0. The molecule has 0 aliphatic carbocycles. The largest absolute Gasteiger partial charge is 0.455 e. The molecule has 0 amide bonds. The van der Waals surface area contributed by atoms with Gasteiger partial charge in [-0.2, -0.15) is 0 Å². The molecule has 4 heteroatoms. The Bertz CT molecular complexity index is 2090. The molecule has 3 nitrogen and oxygen atoms in total. The summed E-state index contributed by atoms with van der Waals surface area (Å²) >= 11 is 0. The van der Waals surface area contributed by atoms with Crippen molar-refractivity contribution in [1.82, 2.24) is 9.97 Å². The molecule has 44 heavy (non-hydrogen) atoms. The molecule has 8 aromatic rings. The number of nitrogens with zero attached hydrogens (tertiary/aromatic N) is 2. The van der Waals surface area contributed by atoms with E-state index < -0.39 is 0 Å². The number of aromatic nitrogens is 2. The quantitative estimate of drug-likeness (QED) is 0.169. The minimum Gasteiger partial charge on any atom is -0.455 e. The molecule has 0 saturated carbocycles. The van der Waals surface area contributed by atoms with Crippen molar-refractivity contribution in [3.8, 4) is 44.8 Å². The van der Waals surface area contributed by atoms with Gasteiger partial charge in [-0.15, -0.1) is 71.3 Å². The molecule has 0 unspecified atom stereocenters. The summed E-state index contributed by atoms with van der Waals surface area (Å²) in [5, 5.41) is 2.29. The van der Waals surface area contributed by atoms with Crippen LogP contribution in [0.3, 0.4) is 0 Å². The number of benzene rings is 5. The van der Waals surface area contributed by atoms with E-state index in [2.05, 4.69) is 88.8 Å². The van der Waals surface area contributed by atoms with Crippen molar-refractivity contribution in [3.63, 3.8) is 0 Å². The summed E-state index contributed by atoms with van der Waals surface area (Å²) in [4.78, 5) is 8.68. The van der Waals surface area contributed by atoms with Gasteiger partial charge in [0.05, 0.1) is 0 Å². The van der Waals surface area contributed by atoms with Crippen molar-refractivity contribution in [2.75, 3.05) is 0 Å². The summed E-state index contributed by atoms with van der Waals surface area (Å²) < 4.78 is 6.25. The van der Waals surface area contributed by atoms with E-state index in [1.165, 1.54) is 0 Å². The van der Waals surface area contributed by atoms with Crippen molar-refractivity contribution in [1.29, 1.82) is 0 Å². The Morgan fingerprint density at radius 3 is 1.91 bits per heavy atom. The number of fused-ring (bicyclic) bond motifs is 3. The van der Waals surface area contributed by atoms with Crippen molar-refractivity contribution < 1.29 is 24.5 Å². The topological polar surface area (TPSA) is 38.9 Å². The van der Waals surface area contributed by atoms with Crippen molar-refractivity contribution in [2.45, 2.75) is 0 Å². The van der Waals surface area contributed by atoms with Crippen LogP contribution in [-0.4, -0.2) is 9.97 Å². The molecule has 0 bridgehead atoms. The van der Waals surface area contributed by atoms with Gasteiger partial charge in [-0.25, -0.2) is 0 Å². The predicted octanol–water partition coefficient (Wildman–Crippen LogP) is 10.3. The van der Waals surface area contributed by atoms with Gasteiger partial charge in [0.1, 0.15) is 11.2 Å². The molecule has 213 valence electrons. The van der Waals surface area contributed by atoms with Crippen LogP contribution >= 0.6 is 0 Å². The fraction of sp³-hybridized carbons (Fsp3) is 0. The van der Waals surface area contributed by atoms with E-state index in [1.54, 1.807) is 6.20 Å². The molecule has 8 rings (SSSR count). The zero-order valence-electron chi connectivity index (χ0n) is 23.6. The number of hydrogen-bond acceptors (Lipinski definition) is 3. The fourth-order valence-electron chi connectivity index (χ4n) is 5.23. The second-order valence-corrected chi connectivity index (χ2v) is 10.1. The molecule has 3 heterocycles. The van der Waals surface area contributed by atoms with Crippen LogP contribution in [0, 0.1) is 12.1 Å². The van der Waals surface area contributed by atoms with Gasteiger partial charge in [0, 0.05) is 48.8 Å². The van der Waals surface area contributed by atoms with Crippen molar-refractivity contribution in [3.05, 3.63) is 170 Å². The van der Waals surface area contributed by atoms with Gasteiger partial charge in [-0.05, 0) is 46.8 Å². The average molecular weight is 743 g/mol. The van der Waals surface area contributed by atoms with Crippen LogP contribution in [-0.2, 0) is 20.1 Å². The van der Waals surface area contributed by atoms with E-state index >= 15 is 0 Å². The van der Waals surface area contributed by atoms with Gasteiger partial charge >= 0.3 is 0 Å². The smallest absolute Gasteiger partial charge is 0.143 e. The molecule has 0 N–H and O–H groups in total. The molecule has 0 spiro atoms. The average Bonchev–Trinajstić information content (AvgIpc) is 3.49. The maximum atomic E-state index is 6.25. The molecule has 1 radical (unpaired) electrons. The van der Waals surface area contributed by atoms with Gasteiger partial charge in [-0.1, -0.05) is 78.9 Å². The third-order valence-corrected chi connectivity index (χ3v) is 7.30. The number of furan rings is 1. The maximum absolute atomic E-state index is 6.25. The Balaban J connectivity index is 0.000000222. The van der Waals surface area contributed by atoms with Gasteiger partial charge in [0.25, 0.3) is 0 Å². The van der Waals surface area contributed by atoms with Crippen molar-refractivity contribution >= 4 is 21.9 Å². The van der Waals surface area contributed by atoms with E-state index in [0.29, 0.717) is 0 Å². The Kier molecular flexibility index (Phi) is 8.84. The monoisotopic (exact) mass is 743 g/mol. The Labute approximate surface area is 270 Å². The summed E-state index contributed by atoms with van der Waals surface area (Å²) in [5.41, 5.74) is 10.3. The van der Waals surface area contributed by atoms with Crippen LogP contribution < -0.4 is 0 Å². The molecular weight excluding hydrogens is 717 g/mol. The second-order valence-electron chi connectivity index (χ2n) is 10.1. The van der Waals surface area contributed by atoms with Crippen LogP contribution in [0.1, 0.15) is 0 Å². The van der Waals surface area contributed by atoms with Crippen LogP contribution in [0.15, 0.2) is 162 Å². The van der Waals surface area contributed by atoms with E-state index in [-0.39, 0.29) is 20.1 Å².